The van der Waals surface area contributed by atoms with Crippen LogP contribution >= 0.6 is 0 Å². The Hall–Kier alpha value is -1.67. The maximum atomic E-state index is 11.6. The Bertz CT molecular complexity index is 376. The number of carbonyl (C=O) groups excluding carboxylic acids is 2. The van der Waals surface area contributed by atoms with Gasteiger partial charge in [-0.05, 0) is 32.1 Å². The summed E-state index contributed by atoms with van der Waals surface area (Å²) in [5, 5.41) is 14.4. The Kier molecular flexibility index (Phi) is 13.9. The van der Waals surface area contributed by atoms with E-state index in [1.54, 1.807) is 14.2 Å². The molecule has 1 unspecified atom stereocenters. The van der Waals surface area contributed by atoms with Gasteiger partial charge in [0.25, 0.3) is 0 Å². The van der Waals surface area contributed by atoms with Gasteiger partial charge in [0.2, 0.25) is 11.8 Å². The molecule has 24 heavy (non-hydrogen) atoms. The predicted molar refractivity (Wildman–Crippen MR) is 88.6 cm³/mol. The average molecular weight is 346 g/mol. The van der Waals surface area contributed by atoms with E-state index in [-0.39, 0.29) is 18.2 Å². The highest BCUT2D eigenvalue weighted by Gasteiger charge is 2.19. The quantitative estimate of drug-likeness (QED) is 0.376. The van der Waals surface area contributed by atoms with Gasteiger partial charge in [-0.2, -0.15) is 0 Å². The molecule has 0 rings (SSSR count). The Labute approximate surface area is 143 Å². The van der Waals surface area contributed by atoms with Gasteiger partial charge in [-0.1, -0.05) is 0 Å². The minimum absolute atomic E-state index is 0.0340. The SMILES string of the molecule is COCCCC(=O)NCCCCC(NC(=O)CCCOC)C(=O)O. The van der Waals surface area contributed by atoms with Crippen molar-refractivity contribution in [2.24, 2.45) is 0 Å². The lowest BCUT2D eigenvalue weighted by Crippen LogP contribution is -2.40. The van der Waals surface area contributed by atoms with E-state index in [0.29, 0.717) is 58.3 Å². The molecule has 0 saturated heterocycles. The smallest absolute Gasteiger partial charge is 0.326 e. The summed E-state index contributed by atoms with van der Waals surface area (Å²) in [6.07, 6.45) is 3.51. The number of carbonyl (C=O) groups is 3. The lowest BCUT2D eigenvalue weighted by Gasteiger charge is -2.14. The molecular weight excluding hydrogens is 316 g/mol. The molecule has 0 spiro atoms. The van der Waals surface area contributed by atoms with E-state index in [2.05, 4.69) is 10.6 Å². The van der Waals surface area contributed by atoms with Gasteiger partial charge in [0, 0.05) is 46.8 Å². The third kappa shape index (κ3) is 12.8. The Morgan fingerprint density at radius 1 is 0.917 bits per heavy atom. The van der Waals surface area contributed by atoms with Crippen LogP contribution < -0.4 is 10.6 Å². The summed E-state index contributed by atoms with van der Waals surface area (Å²) in [6.45, 7) is 1.52. The van der Waals surface area contributed by atoms with Gasteiger partial charge in [-0.15, -0.1) is 0 Å². The Morgan fingerprint density at radius 2 is 1.50 bits per heavy atom. The summed E-state index contributed by atoms with van der Waals surface area (Å²) >= 11 is 0. The predicted octanol–water partition coefficient (Wildman–Crippen LogP) is 0.696. The highest BCUT2D eigenvalue weighted by Crippen LogP contribution is 2.03. The van der Waals surface area contributed by atoms with Crippen molar-refractivity contribution < 1.29 is 29.0 Å². The first-order valence-electron chi connectivity index (χ1n) is 8.28. The van der Waals surface area contributed by atoms with Crippen LogP contribution in [0.15, 0.2) is 0 Å². The highest BCUT2D eigenvalue weighted by molar-refractivity contribution is 5.83. The molecule has 8 nitrogen and oxygen atoms in total. The van der Waals surface area contributed by atoms with Crippen LogP contribution in [0, 0.1) is 0 Å². The fourth-order valence-electron chi connectivity index (χ4n) is 2.07. The molecule has 0 aromatic heterocycles. The van der Waals surface area contributed by atoms with E-state index in [0.717, 1.165) is 0 Å². The van der Waals surface area contributed by atoms with Crippen LogP contribution in [0.4, 0.5) is 0 Å². The van der Waals surface area contributed by atoms with Gasteiger partial charge < -0.3 is 25.2 Å². The summed E-state index contributed by atoms with van der Waals surface area (Å²) in [6, 6.07) is -0.891. The lowest BCUT2D eigenvalue weighted by molar-refractivity contribution is -0.142. The third-order valence-electron chi connectivity index (χ3n) is 3.38. The molecule has 140 valence electrons. The molecule has 0 aromatic carbocycles. The average Bonchev–Trinajstić information content (AvgIpc) is 2.53. The zero-order valence-corrected chi connectivity index (χ0v) is 14.6. The summed E-state index contributed by atoms with van der Waals surface area (Å²) in [5.41, 5.74) is 0. The van der Waals surface area contributed by atoms with Crippen molar-refractivity contribution in [3.63, 3.8) is 0 Å². The summed E-state index contributed by atoms with van der Waals surface area (Å²) in [4.78, 5) is 34.3. The molecule has 0 radical (unpaired) electrons. The number of aliphatic carboxylic acids is 1. The number of nitrogens with one attached hydrogen (secondary N) is 2. The van der Waals surface area contributed by atoms with Gasteiger partial charge in [-0.25, -0.2) is 4.79 Å². The van der Waals surface area contributed by atoms with Gasteiger partial charge in [-0.3, -0.25) is 9.59 Å². The molecule has 1 atom stereocenters. The van der Waals surface area contributed by atoms with Crippen molar-refractivity contribution in [3.8, 4) is 0 Å². The van der Waals surface area contributed by atoms with Crippen molar-refractivity contribution in [1.82, 2.24) is 10.6 Å². The molecule has 0 heterocycles. The third-order valence-corrected chi connectivity index (χ3v) is 3.38. The van der Waals surface area contributed by atoms with Crippen LogP contribution in [-0.4, -0.2) is 62.9 Å². The van der Waals surface area contributed by atoms with Crippen LogP contribution in [0.2, 0.25) is 0 Å². The molecule has 0 fully saturated rings. The second-order valence-corrected chi connectivity index (χ2v) is 5.50. The number of methoxy groups -OCH3 is 2. The molecular formula is C16H30N2O6. The van der Waals surface area contributed by atoms with Gasteiger partial charge >= 0.3 is 5.97 Å². The van der Waals surface area contributed by atoms with Crippen molar-refractivity contribution in [3.05, 3.63) is 0 Å². The van der Waals surface area contributed by atoms with Crippen molar-refractivity contribution in [1.29, 1.82) is 0 Å². The monoisotopic (exact) mass is 346 g/mol. The van der Waals surface area contributed by atoms with Gasteiger partial charge in [0.1, 0.15) is 6.04 Å². The number of amides is 2. The highest BCUT2D eigenvalue weighted by atomic mass is 16.5. The number of carboxylic acid groups (broad SMARTS) is 1. The van der Waals surface area contributed by atoms with Crippen LogP contribution in [0.25, 0.3) is 0 Å². The summed E-state index contributed by atoms with van der Waals surface area (Å²) < 4.78 is 9.72. The molecule has 0 aliphatic rings. The molecule has 0 saturated carbocycles. The molecule has 2 amide bonds. The minimum atomic E-state index is -1.04. The van der Waals surface area contributed by atoms with Crippen molar-refractivity contribution in [2.75, 3.05) is 34.0 Å². The number of rotatable bonds is 15. The minimum Gasteiger partial charge on any atom is -0.480 e. The molecule has 8 heteroatoms. The van der Waals surface area contributed by atoms with Crippen LogP contribution in [-0.2, 0) is 23.9 Å². The van der Waals surface area contributed by atoms with Crippen LogP contribution in [0.1, 0.15) is 44.9 Å². The van der Waals surface area contributed by atoms with E-state index in [1.165, 1.54) is 0 Å². The maximum Gasteiger partial charge on any atom is 0.326 e. The maximum absolute atomic E-state index is 11.6. The largest absolute Gasteiger partial charge is 0.480 e. The first kappa shape index (κ1) is 22.3. The summed E-state index contributed by atoms with van der Waals surface area (Å²) in [7, 11) is 3.14. The van der Waals surface area contributed by atoms with E-state index in [9.17, 15) is 14.4 Å². The van der Waals surface area contributed by atoms with Crippen LogP contribution in [0.5, 0.6) is 0 Å². The molecule has 0 bridgehead atoms. The second-order valence-electron chi connectivity index (χ2n) is 5.50. The molecule has 0 aliphatic heterocycles. The lowest BCUT2D eigenvalue weighted by atomic mass is 10.1. The fourth-order valence-corrected chi connectivity index (χ4v) is 2.07. The molecule has 3 N–H and O–H groups in total. The van der Waals surface area contributed by atoms with E-state index in [4.69, 9.17) is 14.6 Å². The van der Waals surface area contributed by atoms with E-state index in [1.807, 2.05) is 0 Å². The molecule has 0 aromatic rings. The van der Waals surface area contributed by atoms with Crippen molar-refractivity contribution >= 4 is 17.8 Å². The van der Waals surface area contributed by atoms with Crippen molar-refractivity contribution in [2.45, 2.75) is 51.0 Å². The first-order valence-corrected chi connectivity index (χ1v) is 8.28. The number of ether oxygens (including phenoxy) is 2. The topological polar surface area (TPSA) is 114 Å². The molecule has 0 aliphatic carbocycles. The number of hydrogen-bond acceptors (Lipinski definition) is 5. The number of carboxylic acids is 1. The van der Waals surface area contributed by atoms with Crippen LogP contribution in [0.3, 0.4) is 0 Å². The zero-order chi connectivity index (χ0) is 18.2. The fraction of sp³-hybridized carbons (Fsp3) is 0.812. The van der Waals surface area contributed by atoms with E-state index >= 15 is 0 Å². The zero-order valence-electron chi connectivity index (χ0n) is 14.6. The Morgan fingerprint density at radius 3 is 2.04 bits per heavy atom. The van der Waals surface area contributed by atoms with Gasteiger partial charge in [0.05, 0.1) is 0 Å². The summed E-state index contributed by atoms with van der Waals surface area (Å²) in [5.74, 6) is -1.36. The number of unbranched alkanes of at least 4 members (excludes halogenated alkanes) is 1. The number of hydrogen-bond donors (Lipinski definition) is 3. The Balaban J connectivity index is 3.83. The first-order chi connectivity index (χ1) is 11.5. The standard InChI is InChI=1S/C16H30N2O6/c1-23-11-5-8-14(19)17-10-4-3-7-13(16(21)22)18-15(20)9-6-12-24-2/h13H,3-12H2,1-2H3,(H,17,19)(H,18,20)(H,21,22). The van der Waals surface area contributed by atoms with E-state index < -0.39 is 12.0 Å². The second kappa shape index (κ2) is 14.9. The normalized spacial score (nSPS) is 11.8. The van der Waals surface area contributed by atoms with Gasteiger partial charge in [0.15, 0.2) is 0 Å².